The molecule has 0 aliphatic heterocycles. The highest BCUT2D eigenvalue weighted by atomic mass is 16.5. The van der Waals surface area contributed by atoms with Crippen molar-refractivity contribution in [2.24, 2.45) is 35.5 Å². The Kier molecular flexibility index (Phi) is 10.5. The Balaban J connectivity index is 1.42. The number of hydrogen-bond acceptors (Lipinski definition) is 4. The van der Waals surface area contributed by atoms with Crippen LogP contribution in [-0.4, -0.2) is 46.6 Å². The molecule has 0 aromatic heterocycles. The van der Waals surface area contributed by atoms with Gasteiger partial charge in [-0.1, -0.05) is 127 Å². The van der Waals surface area contributed by atoms with Gasteiger partial charge in [0.2, 0.25) is 0 Å². The van der Waals surface area contributed by atoms with Gasteiger partial charge in [0.1, 0.15) is 11.8 Å². The highest BCUT2D eigenvalue weighted by Gasteiger charge is 2.51. The molecule has 3 aliphatic rings. The van der Waals surface area contributed by atoms with E-state index in [0.717, 1.165) is 38.5 Å². The molecule has 5 rings (SSSR count). The molecule has 250 valence electrons. The van der Waals surface area contributed by atoms with Crippen LogP contribution in [0.4, 0.5) is 0 Å². The summed E-state index contributed by atoms with van der Waals surface area (Å²) < 4.78 is 13.6. The molecule has 2 fully saturated rings. The van der Waals surface area contributed by atoms with Crippen LogP contribution in [-0.2, 0) is 29.9 Å². The number of rotatable bonds is 10. The number of aliphatic carboxylic acids is 2. The number of carboxylic acids is 2. The van der Waals surface area contributed by atoms with Crippen molar-refractivity contribution < 1.29 is 29.3 Å². The first-order valence-corrected chi connectivity index (χ1v) is 17.4. The van der Waals surface area contributed by atoms with Gasteiger partial charge in [-0.2, -0.15) is 0 Å². The zero-order chi connectivity index (χ0) is 33.2. The van der Waals surface area contributed by atoms with Crippen molar-refractivity contribution in [2.75, 3.05) is 0 Å². The van der Waals surface area contributed by atoms with Crippen LogP contribution in [0.2, 0.25) is 0 Å². The first-order chi connectivity index (χ1) is 21.8. The maximum absolute atomic E-state index is 13.0. The standard InChI is InChI=1S/C40H54O6/c1-25-17-19-29(39(3,4)27-13-9-7-10-14-27)33(23-25)45-31-21-22-32(36(38(43)44)35(31)37(41)42)46-34-24-26(2)18-20-30(34)40(5,6)28-15-11-8-12-16-28/h7-16,21-22,25-26,29-36H,17-20,23-24H2,1-6H3,(H,41,42)(H,43,44)/t25?,26?,29?,30?,31-,32+,33?,34?,35-,36-/m0/s1. The van der Waals surface area contributed by atoms with Crippen LogP contribution in [0.15, 0.2) is 72.8 Å². The fourth-order valence-electron chi connectivity index (χ4n) is 8.89. The Morgan fingerprint density at radius 1 is 0.609 bits per heavy atom. The Hall–Kier alpha value is -2.96. The molecule has 2 aromatic rings. The maximum Gasteiger partial charge on any atom is 0.310 e. The zero-order valence-corrected chi connectivity index (χ0v) is 28.5. The molecule has 2 N–H and O–H groups in total. The first kappa shape index (κ1) is 34.4. The molecule has 0 spiro atoms. The minimum Gasteiger partial charge on any atom is -0.481 e. The van der Waals surface area contributed by atoms with Gasteiger partial charge in [-0.05, 0) is 71.3 Å². The summed E-state index contributed by atoms with van der Waals surface area (Å²) in [6.45, 7) is 13.4. The minimum absolute atomic E-state index is 0.163. The summed E-state index contributed by atoms with van der Waals surface area (Å²) >= 11 is 0. The fraction of sp³-hybridized carbons (Fsp3) is 0.600. The number of ether oxygens (including phenoxy) is 2. The predicted molar refractivity (Wildman–Crippen MR) is 181 cm³/mol. The number of carbonyl (C=O) groups is 2. The molecule has 0 heterocycles. The van der Waals surface area contributed by atoms with Crippen molar-refractivity contribution in [3.8, 4) is 0 Å². The summed E-state index contributed by atoms with van der Waals surface area (Å²) in [4.78, 5) is 25.9. The van der Waals surface area contributed by atoms with Crippen molar-refractivity contribution >= 4 is 11.9 Å². The van der Waals surface area contributed by atoms with Gasteiger partial charge in [-0.25, -0.2) is 0 Å². The van der Waals surface area contributed by atoms with Crippen LogP contribution in [0.1, 0.15) is 91.2 Å². The normalized spacial score (nSPS) is 33.8. The molecule has 0 bridgehead atoms. The third-order valence-corrected chi connectivity index (χ3v) is 11.8. The van der Waals surface area contributed by atoms with Gasteiger partial charge in [0, 0.05) is 0 Å². The Labute approximate surface area is 275 Å². The summed E-state index contributed by atoms with van der Waals surface area (Å²) in [5.74, 6) is -3.63. The van der Waals surface area contributed by atoms with E-state index in [0.29, 0.717) is 11.8 Å². The van der Waals surface area contributed by atoms with E-state index in [2.05, 4.69) is 90.1 Å². The van der Waals surface area contributed by atoms with Crippen LogP contribution in [0.5, 0.6) is 0 Å². The average molecular weight is 631 g/mol. The zero-order valence-electron chi connectivity index (χ0n) is 28.5. The molecule has 6 nitrogen and oxygen atoms in total. The molecule has 2 saturated carbocycles. The highest BCUT2D eigenvalue weighted by molar-refractivity contribution is 5.82. The van der Waals surface area contributed by atoms with Gasteiger partial charge in [0.05, 0.1) is 24.4 Å². The molecule has 6 heteroatoms. The first-order valence-electron chi connectivity index (χ1n) is 17.4. The molecule has 0 saturated heterocycles. The van der Waals surface area contributed by atoms with E-state index in [1.807, 2.05) is 12.1 Å². The molecule has 0 radical (unpaired) electrons. The van der Waals surface area contributed by atoms with Gasteiger partial charge in [-0.3, -0.25) is 9.59 Å². The molecular weight excluding hydrogens is 576 g/mol. The lowest BCUT2D eigenvalue weighted by Gasteiger charge is -2.48. The van der Waals surface area contributed by atoms with Crippen LogP contribution in [0.25, 0.3) is 0 Å². The second-order valence-electron chi connectivity index (χ2n) is 15.6. The van der Waals surface area contributed by atoms with Gasteiger partial charge < -0.3 is 19.7 Å². The van der Waals surface area contributed by atoms with Gasteiger partial charge >= 0.3 is 11.9 Å². The lowest BCUT2D eigenvalue weighted by Crippen LogP contribution is -2.53. The second-order valence-corrected chi connectivity index (χ2v) is 15.6. The van der Waals surface area contributed by atoms with E-state index in [9.17, 15) is 19.8 Å². The van der Waals surface area contributed by atoms with E-state index in [1.165, 1.54) is 11.1 Å². The lowest BCUT2D eigenvalue weighted by atomic mass is 9.64. The Morgan fingerprint density at radius 2 is 0.957 bits per heavy atom. The minimum atomic E-state index is -1.26. The Morgan fingerprint density at radius 3 is 1.28 bits per heavy atom. The monoisotopic (exact) mass is 630 g/mol. The van der Waals surface area contributed by atoms with Crippen molar-refractivity contribution in [1.82, 2.24) is 0 Å². The summed E-state index contributed by atoms with van der Waals surface area (Å²) in [6.07, 6.45) is 7.19. The molecule has 6 unspecified atom stereocenters. The van der Waals surface area contributed by atoms with Crippen molar-refractivity contribution in [3.63, 3.8) is 0 Å². The average Bonchev–Trinajstić information content (AvgIpc) is 3.02. The molecule has 3 aliphatic carbocycles. The Bertz CT molecular complexity index is 1250. The largest absolute Gasteiger partial charge is 0.481 e. The van der Waals surface area contributed by atoms with Crippen LogP contribution in [0.3, 0.4) is 0 Å². The van der Waals surface area contributed by atoms with Crippen LogP contribution in [0, 0.1) is 35.5 Å². The van der Waals surface area contributed by atoms with Crippen molar-refractivity contribution in [3.05, 3.63) is 83.9 Å². The fourth-order valence-corrected chi connectivity index (χ4v) is 8.89. The van der Waals surface area contributed by atoms with Gasteiger partial charge in [0.25, 0.3) is 0 Å². The topological polar surface area (TPSA) is 93.1 Å². The molecule has 10 atom stereocenters. The lowest BCUT2D eigenvalue weighted by molar-refractivity contribution is -0.178. The third kappa shape index (κ3) is 7.13. The number of hydrogen-bond donors (Lipinski definition) is 2. The molecule has 0 amide bonds. The summed E-state index contributed by atoms with van der Waals surface area (Å²) in [5, 5.41) is 21.2. The number of carboxylic acid groups (broad SMARTS) is 2. The summed E-state index contributed by atoms with van der Waals surface area (Å²) in [7, 11) is 0. The van der Waals surface area contributed by atoms with Gasteiger partial charge in [0.15, 0.2) is 0 Å². The van der Waals surface area contributed by atoms with E-state index >= 15 is 0 Å². The third-order valence-electron chi connectivity index (χ3n) is 11.8. The highest BCUT2D eigenvalue weighted by Crippen LogP contribution is 2.47. The van der Waals surface area contributed by atoms with E-state index in [1.54, 1.807) is 12.2 Å². The summed E-state index contributed by atoms with van der Waals surface area (Å²) in [5.41, 5.74) is 2.06. The molecule has 46 heavy (non-hydrogen) atoms. The SMILES string of the molecule is CC1CCC(C(C)(C)c2ccccc2)C(O[C@H]2C=C[C@@H](OC3CC(C)CCC3C(C)(C)c3ccccc3)[C@H](C(=O)O)[C@H]2C(=O)O)C1. The van der Waals surface area contributed by atoms with E-state index in [-0.39, 0.29) is 34.9 Å². The second kappa shape index (κ2) is 14.0. The quantitative estimate of drug-likeness (QED) is 0.257. The maximum atomic E-state index is 13.0. The predicted octanol–water partition coefficient (Wildman–Crippen LogP) is 8.29. The smallest absolute Gasteiger partial charge is 0.310 e. The van der Waals surface area contributed by atoms with E-state index in [4.69, 9.17) is 9.47 Å². The molecular formula is C40H54O6. The van der Waals surface area contributed by atoms with Gasteiger partial charge in [-0.15, -0.1) is 0 Å². The van der Waals surface area contributed by atoms with Crippen LogP contribution >= 0.6 is 0 Å². The summed E-state index contributed by atoms with van der Waals surface area (Å²) in [6, 6.07) is 20.9. The van der Waals surface area contributed by atoms with Crippen molar-refractivity contribution in [2.45, 2.75) is 115 Å². The number of benzene rings is 2. The van der Waals surface area contributed by atoms with Crippen LogP contribution < -0.4 is 0 Å². The van der Waals surface area contributed by atoms with Crippen molar-refractivity contribution in [1.29, 1.82) is 0 Å². The van der Waals surface area contributed by atoms with E-state index < -0.39 is 36.0 Å². The molecule has 2 aromatic carbocycles.